The zero-order valence-electron chi connectivity index (χ0n) is 11.2. The number of aryl methyl sites for hydroxylation is 1. The molecule has 0 fully saturated rings. The van der Waals surface area contributed by atoms with Gasteiger partial charge in [0.2, 0.25) is 0 Å². The Hall–Kier alpha value is -1.74. The Kier molecular flexibility index (Phi) is 5.69. The highest BCUT2D eigenvalue weighted by Gasteiger charge is 2.01. The summed E-state index contributed by atoms with van der Waals surface area (Å²) in [5, 5.41) is 1.01. The van der Waals surface area contributed by atoms with Gasteiger partial charge in [-0.25, -0.2) is 4.57 Å². The molecule has 2 nitrogen and oxygen atoms in total. The number of alkyl halides is 1. The molecular formula is C17H17BrNO+. The molecule has 0 saturated carbocycles. The number of carbonyl (C=O) groups is 1. The van der Waals surface area contributed by atoms with Gasteiger partial charge in [-0.3, -0.25) is 4.79 Å². The standard InChI is InChI=1S/C17H17BrNO/c18-11-4-12-19-13-9-15(10-14-19)7-8-17(20)16-5-2-1-3-6-16/h1-3,5-10,13-14H,4,11-12H2/q+1/b8-7+. The van der Waals surface area contributed by atoms with Gasteiger partial charge in [0.05, 0.1) is 0 Å². The molecule has 0 atom stereocenters. The van der Waals surface area contributed by atoms with Crippen LogP contribution in [0.1, 0.15) is 22.3 Å². The van der Waals surface area contributed by atoms with Crippen LogP contribution in [-0.2, 0) is 6.54 Å². The summed E-state index contributed by atoms with van der Waals surface area (Å²) in [6, 6.07) is 13.3. The molecule has 0 spiro atoms. The summed E-state index contributed by atoms with van der Waals surface area (Å²) in [6.45, 7) is 0.998. The Morgan fingerprint density at radius 1 is 1.10 bits per heavy atom. The molecule has 0 bridgehead atoms. The summed E-state index contributed by atoms with van der Waals surface area (Å²) in [5.74, 6) is 0.0293. The normalized spacial score (nSPS) is 10.8. The average molecular weight is 331 g/mol. The molecule has 0 radical (unpaired) electrons. The Morgan fingerprint density at radius 2 is 1.80 bits per heavy atom. The van der Waals surface area contributed by atoms with E-state index >= 15 is 0 Å². The van der Waals surface area contributed by atoms with Crippen molar-refractivity contribution >= 4 is 27.8 Å². The van der Waals surface area contributed by atoms with E-state index in [4.69, 9.17) is 0 Å². The zero-order valence-corrected chi connectivity index (χ0v) is 12.8. The maximum Gasteiger partial charge on any atom is 0.185 e. The highest BCUT2D eigenvalue weighted by atomic mass is 79.9. The molecule has 0 saturated heterocycles. The van der Waals surface area contributed by atoms with Crippen LogP contribution >= 0.6 is 15.9 Å². The number of rotatable bonds is 6. The highest BCUT2D eigenvalue weighted by Crippen LogP contribution is 2.04. The molecule has 1 aromatic heterocycles. The minimum atomic E-state index is 0.0293. The van der Waals surface area contributed by atoms with E-state index in [-0.39, 0.29) is 5.78 Å². The number of pyridine rings is 1. The van der Waals surface area contributed by atoms with Crippen LogP contribution in [0.5, 0.6) is 0 Å². The molecule has 102 valence electrons. The Labute approximate surface area is 127 Å². The van der Waals surface area contributed by atoms with Crippen molar-refractivity contribution in [3.63, 3.8) is 0 Å². The van der Waals surface area contributed by atoms with E-state index < -0.39 is 0 Å². The Morgan fingerprint density at radius 3 is 2.45 bits per heavy atom. The maximum absolute atomic E-state index is 11.9. The Bertz CT molecular complexity index is 576. The summed E-state index contributed by atoms with van der Waals surface area (Å²) >= 11 is 3.42. The molecular weight excluding hydrogens is 314 g/mol. The van der Waals surface area contributed by atoms with Gasteiger partial charge in [-0.15, -0.1) is 0 Å². The van der Waals surface area contributed by atoms with Crippen LogP contribution in [0, 0.1) is 0 Å². The lowest BCUT2D eigenvalue weighted by Crippen LogP contribution is -2.32. The van der Waals surface area contributed by atoms with Crippen molar-refractivity contribution in [1.29, 1.82) is 0 Å². The van der Waals surface area contributed by atoms with Crippen LogP contribution in [0.15, 0.2) is 60.9 Å². The van der Waals surface area contributed by atoms with Crippen molar-refractivity contribution in [3.8, 4) is 0 Å². The lowest BCUT2D eigenvalue weighted by atomic mass is 10.1. The Balaban J connectivity index is 1.99. The summed E-state index contributed by atoms with van der Waals surface area (Å²) in [4.78, 5) is 11.9. The van der Waals surface area contributed by atoms with Gasteiger partial charge in [-0.1, -0.05) is 52.3 Å². The maximum atomic E-state index is 11.9. The molecule has 20 heavy (non-hydrogen) atoms. The monoisotopic (exact) mass is 330 g/mol. The number of allylic oxidation sites excluding steroid dienone is 1. The third-order valence-corrected chi connectivity index (χ3v) is 3.51. The third kappa shape index (κ3) is 4.42. The summed E-state index contributed by atoms with van der Waals surface area (Å²) in [5.41, 5.74) is 1.75. The number of halogens is 1. The second kappa shape index (κ2) is 7.75. The van der Waals surface area contributed by atoms with Gasteiger partial charge in [-0.05, 0) is 11.6 Å². The summed E-state index contributed by atoms with van der Waals surface area (Å²) in [6.07, 6.45) is 8.65. The highest BCUT2D eigenvalue weighted by molar-refractivity contribution is 9.09. The fraction of sp³-hybridized carbons (Fsp3) is 0.176. The van der Waals surface area contributed by atoms with Gasteiger partial charge in [0.1, 0.15) is 6.54 Å². The molecule has 0 aliphatic heterocycles. The molecule has 0 aliphatic rings. The van der Waals surface area contributed by atoms with Crippen molar-refractivity contribution < 1.29 is 9.36 Å². The van der Waals surface area contributed by atoms with E-state index in [9.17, 15) is 4.79 Å². The quantitative estimate of drug-likeness (QED) is 0.343. The smallest absolute Gasteiger partial charge is 0.185 e. The predicted molar refractivity (Wildman–Crippen MR) is 84.9 cm³/mol. The first-order chi connectivity index (χ1) is 9.79. The first-order valence-corrected chi connectivity index (χ1v) is 7.74. The van der Waals surface area contributed by atoms with Crippen molar-refractivity contribution in [1.82, 2.24) is 0 Å². The number of ketones is 1. The molecule has 3 heteroatoms. The predicted octanol–water partition coefficient (Wildman–Crippen LogP) is 3.66. The molecule has 1 aromatic carbocycles. The molecule has 0 N–H and O–H groups in total. The number of aromatic nitrogens is 1. The van der Waals surface area contributed by atoms with Gasteiger partial charge < -0.3 is 0 Å². The average Bonchev–Trinajstić information content (AvgIpc) is 2.52. The van der Waals surface area contributed by atoms with Crippen LogP contribution in [0.4, 0.5) is 0 Å². The molecule has 1 heterocycles. The van der Waals surface area contributed by atoms with E-state index in [0.29, 0.717) is 5.56 Å². The van der Waals surface area contributed by atoms with E-state index in [1.165, 1.54) is 0 Å². The fourth-order valence-corrected chi connectivity index (χ4v) is 2.09. The van der Waals surface area contributed by atoms with Crippen LogP contribution < -0.4 is 4.57 Å². The van der Waals surface area contributed by atoms with Gasteiger partial charge in [0, 0.05) is 29.4 Å². The van der Waals surface area contributed by atoms with Gasteiger partial charge in [-0.2, -0.15) is 0 Å². The summed E-state index contributed by atoms with van der Waals surface area (Å²) in [7, 11) is 0. The van der Waals surface area contributed by atoms with Gasteiger partial charge in [0.25, 0.3) is 0 Å². The number of hydrogen-bond acceptors (Lipinski definition) is 1. The topological polar surface area (TPSA) is 20.9 Å². The number of benzene rings is 1. The zero-order chi connectivity index (χ0) is 14.2. The van der Waals surface area contributed by atoms with E-state index in [0.717, 1.165) is 23.9 Å². The van der Waals surface area contributed by atoms with Crippen molar-refractivity contribution in [2.45, 2.75) is 13.0 Å². The molecule has 2 aromatic rings. The minimum Gasteiger partial charge on any atom is -0.289 e. The van der Waals surface area contributed by atoms with Crippen LogP contribution in [0.2, 0.25) is 0 Å². The first-order valence-electron chi connectivity index (χ1n) is 6.62. The minimum absolute atomic E-state index is 0.0293. The van der Waals surface area contributed by atoms with E-state index in [1.54, 1.807) is 6.08 Å². The first kappa shape index (κ1) is 14.7. The van der Waals surface area contributed by atoms with Crippen molar-refractivity contribution in [2.24, 2.45) is 0 Å². The molecule has 0 aliphatic carbocycles. The van der Waals surface area contributed by atoms with Crippen LogP contribution in [0.3, 0.4) is 0 Å². The fourth-order valence-electron chi connectivity index (χ4n) is 1.84. The molecule has 0 amide bonds. The van der Waals surface area contributed by atoms with Crippen molar-refractivity contribution in [3.05, 3.63) is 72.1 Å². The van der Waals surface area contributed by atoms with Gasteiger partial charge in [0.15, 0.2) is 18.2 Å². The number of nitrogens with zero attached hydrogens (tertiary/aromatic N) is 1. The van der Waals surface area contributed by atoms with Crippen LogP contribution in [-0.4, -0.2) is 11.1 Å². The second-order valence-corrected chi connectivity index (χ2v) is 5.27. The SMILES string of the molecule is O=C(/C=C/c1cc[n+](CCCBr)cc1)c1ccccc1. The number of carbonyl (C=O) groups excluding carboxylic acids is 1. The lowest BCUT2D eigenvalue weighted by molar-refractivity contribution is -0.696. The summed E-state index contributed by atoms with van der Waals surface area (Å²) < 4.78 is 2.14. The largest absolute Gasteiger partial charge is 0.289 e. The molecule has 2 rings (SSSR count). The lowest BCUT2D eigenvalue weighted by Gasteiger charge is -1.96. The second-order valence-electron chi connectivity index (χ2n) is 4.48. The van der Waals surface area contributed by atoms with Gasteiger partial charge >= 0.3 is 0 Å². The molecule has 0 unspecified atom stereocenters. The van der Waals surface area contributed by atoms with E-state index in [2.05, 4.69) is 20.5 Å². The third-order valence-electron chi connectivity index (χ3n) is 2.95. The van der Waals surface area contributed by atoms with Crippen molar-refractivity contribution in [2.75, 3.05) is 5.33 Å². The van der Waals surface area contributed by atoms with E-state index in [1.807, 2.05) is 60.9 Å². The van der Waals surface area contributed by atoms with Crippen LogP contribution in [0.25, 0.3) is 6.08 Å². The number of hydrogen-bond donors (Lipinski definition) is 0.